The van der Waals surface area contributed by atoms with Gasteiger partial charge in [-0.25, -0.2) is 4.98 Å². The largest absolute Gasteiger partial charge is 0.491 e. The fraction of sp³-hybridized carbons (Fsp3) is 0.381. The number of aliphatic hydroxyl groups excluding tert-OH is 1. The summed E-state index contributed by atoms with van der Waals surface area (Å²) in [4.78, 5) is 4.72. The van der Waals surface area contributed by atoms with Crippen molar-refractivity contribution in [3.05, 3.63) is 59.4 Å². The Balaban J connectivity index is 1.74. The van der Waals surface area contributed by atoms with Gasteiger partial charge in [0.25, 0.3) is 0 Å². The van der Waals surface area contributed by atoms with E-state index in [0.717, 1.165) is 22.6 Å². The standard InChI is InChI=1S/C21H26N2O2/c1-14(2)21-22-19-7-5-6-8-20(19)23(21)12-17(24)13-25-18-10-9-15(3)16(4)11-18/h5-11,14,17,24H,12-13H2,1-4H3. The van der Waals surface area contributed by atoms with Crippen molar-refractivity contribution >= 4 is 11.0 Å². The molecule has 0 aliphatic rings. The van der Waals surface area contributed by atoms with E-state index in [-0.39, 0.29) is 6.61 Å². The number of benzene rings is 2. The van der Waals surface area contributed by atoms with Crippen LogP contribution in [0.5, 0.6) is 5.75 Å². The number of aromatic nitrogens is 2. The summed E-state index contributed by atoms with van der Waals surface area (Å²) in [6, 6.07) is 14.0. The molecule has 0 bridgehead atoms. The maximum absolute atomic E-state index is 10.5. The van der Waals surface area contributed by atoms with Crippen molar-refractivity contribution < 1.29 is 9.84 Å². The van der Waals surface area contributed by atoms with Crippen LogP contribution in [0.15, 0.2) is 42.5 Å². The Bertz CT molecular complexity index is 867. The highest BCUT2D eigenvalue weighted by Crippen LogP contribution is 2.22. The highest BCUT2D eigenvalue weighted by atomic mass is 16.5. The van der Waals surface area contributed by atoms with Crippen molar-refractivity contribution in [2.75, 3.05) is 6.61 Å². The van der Waals surface area contributed by atoms with Crippen molar-refractivity contribution in [1.82, 2.24) is 9.55 Å². The van der Waals surface area contributed by atoms with Gasteiger partial charge in [0, 0.05) is 5.92 Å². The second-order valence-electron chi connectivity index (χ2n) is 6.93. The normalized spacial score (nSPS) is 12.7. The van der Waals surface area contributed by atoms with E-state index in [2.05, 4.69) is 32.3 Å². The first-order valence-electron chi connectivity index (χ1n) is 8.79. The van der Waals surface area contributed by atoms with Crippen LogP contribution in [0.25, 0.3) is 11.0 Å². The predicted octanol–water partition coefficient (Wildman–Crippen LogP) is 4.22. The van der Waals surface area contributed by atoms with Gasteiger partial charge in [0.1, 0.15) is 24.3 Å². The van der Waals surface area contributed by atoms with E-state index in [1.807, 2.05) is 42.5 Å². The minimum Gasteiger partial charge on any atom is -0.491 e. The van der Waals surface area contributed by atoms with Crippen molar-refractivity contribution in [2.45, 2.75) is 46.3 Å². The number of hydrogen-bond donors (Lipinski definition) is 1. The van der Waals surface area contributed by atoms with Crippen LogP contribution in [0, 0.1) is 13.8 Å². The highest BCUT2D eigenvalue weighted by Gasteiger charge is 2.16. The highest BCUT2D eigenvalue weighted by molar-refractivity contribution is 5.76. The van der Waals surface area contributed by atoms with Gasteiger partial charge >= 0.3 is 0 Å². The van der Waals surface area contributed by atoms with Crippen LogP contribution >= 0.6 is 0 Å². The summed E-state index contributed by atoms with van der Waals surface area (Å²) in [5.41, 5.74) is 4.44. The third-order valence-electron chi connectivity index (χ3n) is 4.51. The van der Waals surface area contributed by atoms with Gasteiger partial charge in [0.15, 0.2) is 0 Å². The average Bonchev–Trinajstić information content (AvgIpc) is 2.95. The fourth-order valence-electron chi connectivity index (χ4n) is 2.99. The molecule has 0 aliphatic carbocycles. The summed E-state index contributed by atoms with van der Waals surface area (Å²) < 4.78 is 7.89. The number of para-hydroxylation sites is 2. The third-order valence-corrected chi connectivity index (χ3v) is 4.51. The molecule has 0 spiro atoms. The Kier molecular flexibility index (Phi) is 5.09. The number of hydrogen-bond acceptors (Lipinski definition) is 3. The Morgan fingerprint density at radius 2 is 1.84 bits per heavy atom. The summed E-state index contributed by atoms with van der Waals surface area (Å²) in [5.74, 6) is 2.08. The summed E-state index contributed by atoms with van der Waals surface area (Å²) in [6.45, 7) is 9.10. The van der Waals surface area contributed by atoms with Gasteiger partial charge in [-0.3, -0.25) is 0 Å². The van der Waals surface area contributed by atoms with Crippen LogP contribution in [0.3, 0.4) is 0 Å². The second-order valence-corrected chi connectivity index (χ2v) is 6.93. The lowest BCUT2D eigenvalue weighted by Crippen LogP contribution is -2.24. The number of ether oxygens (including phenoxy) is 1. The molecule has 0 amide bonds. The van der Waals surface area contributed by atoms with E-state index in [9.17, 15) is 5.11 Å². The predicted molar refractivity (Wildman–Crippen MR) is 101 cm³/mol. The SMILES string of the molecule is Cc1ccc(OCC(O)Cn2c(C(C)C)nc3ccccc32)cc1C. The number of fused-ring (bicyclic) bond motifs is 1. The zero-order chi connectivity index (χ0) is 18.0. The molecule has 1 aromatic heterocycles. The fourth-order valence-corrected chi connectivity index (χ4v) is 2.99. The number of nitrogens with zero attached hydrogens (tertiary/aromatic N) is 2. The summed E-state index contributed by atoms with van der Waals surface area (Å²) in [5, 5.41) is 10.5. The van der Waals surface area contributed by atoms with E-state index in [4.69, 9.17) is 9.72 Å². The molecule has 25 heavy (non-hydrogen) atoms. The Morgan fingerprint density at radius 1 is 1.08 bits per heavy atom. The van der Waals surface area contributed by atoms with Gasteiger partial charge in [-0.05, 0) is 49.2 Å². The van der Waals surface area contributed by atoms with Crippen molar-refractivity contribution in [3.63, 3.8) is 0 Å². The van der Waals surface area contributed by atoms with Gasteiger partial charge < -0.3 is 14.4 Å². The first kappa shape index (κ1) is 17.5. The van der Waals surface area contributed by atoms with Crippen molar-refractivity contribution in [1.29, 1.82) is 0 Å². The molecule has 1 atom stereocenters. The monoisotopic (exact) mass is 338 g/mol. The van der Waals surface area contributed by atoms with E-state index in [1.165, 1.54) is 11.1 Å². The average molecular weight is 338 g/mol. The number of imidazole rings is 1. The molecule has 0 radical (unpaired) electrons. The van der Waals surface area contributed by atoms with Gasteiger partial charge in [-0.2, -0.15) is 0 Å². The van der Waals surface area contributed by atoms with E-state index < -0.39 is 6.10 Å². The van der Waals surface area contributed by atoms with Crippen LogP contribution in [0.4, 0.5) is 0 Å². The molecule has 4 nitrogen and oxygen atoms in total. The smallest absolute Gasteiger partial charge is 0.119 e. The van der Waals surface area contributed by atoms with Gasteiger partial charge in [0.05, 0.1) is 17.6 Å². The molecule has 1 N–H and O–H groups in total. The molecular weight excluding hydrogens is 312 g/mol. The summed E-state index contributed by atoms with van der Waals surface area (Å²) in [7, 11) is 0. The van der Waals surface area contributed by atoms with Gasteiger partial charge in [0.2, 0.25) is 0 Å². The van der Waals surface area contributed by atoms with Crippen LogP contribution in [-0.4, -0.2) is 27.4 Å². The lowest BCUT2D eigenvalue weighted by molar-refractivity contribution is 0.0925. The van der Waals surface area contributed by atoms with E-state index in [1.54, 1.807) is 0 Å². The summed E-state index contributed by atoms with van der Waals surface area (Å²) in [6.07, 6.45) is -0.600. The van der Waals surface area contributed by atoms with Crippen LogP contribution in [0.2, 0.25) is 0 Å². The topological polar surface area (TPSA) is 47.3 Å². The van der Waals surface area contributed by atoms with Gasteiger partial charge in [-0.1, -0.05) is 32.0 Å². The quantitative estimate of drug-likeness (QED) is 0.732. The molecule has 1 unspecified atom stereocenters. The maximum atomic E-state index is 10.5. The minimum absolute atomic E-state index is 0.256. The van der Waals surface area contributed by atoms with Crippen LogP contribution in [0.1, 0.15) is 36.7 Å². The molecule has 0 saturated heterocycles. The second kappa shape index (κ2) is 7.28. The molecule has 4 heteroatoms. The maximum Gasteiger partial charge on any atom is 0.119 e. The first-order valence-corrected chi connectivity index (χ1v) is 8.79. The third kappa shape index (κ3) is 3.85. The minimum atomic E-state index is -0.600. The van der Waals surface area contributed by atoms with Crippen LogP contribution < -0.4 is 4.74 Å². The van der Waals surface area contributed by atoms with E-state index in [0.29, 0.717) is 12.5 Å². The van der Waals surface area contributed by atoms with Gasteiger partial charge in [-0.15, -0.1) is 0 Å². The molecule has 2 aromatic carbocycles. The molecule has 1 heterocycles. The molecule has 3 rings (SSSR count). The summed E-state index contributed by atoms with van der Waals surface area (Å²) >= 11 is 0. The Labute approximate surface area is 149 Å². The lowest BCUT2D eigenvalue weighted by atomic mass is 10.1. The molecule has 0 fully saturated rings. The Hall–Kier alpha value is -2.33. The Morgan fingerprint density at radius 3 is 2.56 bits per heavy atom. The molecular formula is C21H26N2O2. The van der Waals surface area contributed by atoms with E-state index >= 15 is 0 Å². The lowest BCUT2D eigenvalue weighted by Gasteiger charge is -2.17. The first-order chi connectivity index (χ1) is 12.0. The number of aliphatic hydroxyl groups is 1. The molecule has 132 valence electrons. The zero-order valence-electron chi connectivity index (χ0n) is 15.4. The molecule has 3 aromatic rings. The van der Waals surface area contributed by atoms with Crippen molar-refractivity contribution in [2.24, 2.45) is 0 Å². The van der Waals surface area contributed by atoms with Crippen LogP contribution in [-0.2, 0) is 6.54 Å². The molecule has 0 aliphatic heterocycles. The number of aryl methyl sites for hydroxylation is 2. The zero-order valence-corrected chi connectivity index (χ0v) is 15.4. The number of rotatable bonds is 6. The molecule has 0 saturated carbocycles. The van der Waals surface area contributed by atoms with Crippen molar-refractivity contribution in [3.8, 4) is 5.75 Å².